The van der Waals surface area contributed by atoms with Gasteiger partial charge in [0, 0.05) is 12.7 Å². The van der Waals surface area contributed by atoms with Crippen molar-refractivity contribution in [3.05, 3.63) is 18.0 Å². The third kappa shape index (κ3) is 5.03. The molecule has 1 aromatic heterocycles. The van der Waals surface area contributed by atoms with Gasteiger partial charge in [-0.3, -0.25) is 9.48 Å². The Kier molecular flexibility index (Phi) is 6.56. The fraction of sp³-hybridized carbons (Fsp3) is 0.714. The molecule has 1 aromatic rings. The van der Waals surface area contributed by atoms with E-state index in [-0.39, 0.29) is 11.9 Å². The molecule has 1 atom stereocenters. The molecule has 0 saturated heterocycles. The summed E-state index contributed by atoms with van der Waals surface area (Å²) in [7, 11) is 0. The third-order valence-corrected chi connectivity index (χ3v) is 3.36. The molecule has 19 heavy (non-hydrogen) atoms. The van der Waals surface area contributed by atoms with Crippen molar-refractivity contribution in [1.29, 1.82) is 0 Å². The lowest BCUT2D eigenvalue weighted by Crippen LogP contribution is -2.34. The monoisotopic (exact) mass is 266 g/mol. The molecule has 0 aliphatic heterocycles. The van der Waals surface area contributed by atoms with Crippen LogP contribution in [0.15, 0.2) is 12.3 Å². The topological polar surface area (TPSA) is 50.2 Å². The van der Waals surface area contributed by atoms with Crippen LogP contribution in [0.4, 0.5) is 0 Å². The van der Waals surface area contributed by atoms with Crippen molar-refractivity contribution in [2.45, 2.75) is 40.2 Å². The number of carbonyl (C=O) groups is 1. The minimum absolute atomic E-state index is 0.0302. The Hall–Kier alpha value is -1.36. The molecule has 0 radical (unpaired) electrons. The zero-order chi connectivity index (χ0) is 14.3. The molecule has 0 fully saturated rings. The third-order valence-electron chi connectivity index (χ3n) is 3.36. The van der Waals surface area contributed by atoms with E-state index in [4.69, 9.17) is 0 Å². The molecule has 1 amide bonds. The predicted octanol–water partition coefficient (Wildman–Crippen LogP) is 1.60. The molecule has 5 nitrogen and oxygen atoms in total. The minimum atomic E-state index is -0.248. The minimum Gasteiger partial charge on any atom is -0.354 e. The fourth-order valence-electron chi connectivity index (χ4n) is 1.97. The molecule has 0 spiro atoms. The summed E-state index contributed by atoms with van der Waals surface area (Å²) in [5, 5.41) is 7.23. The zero-order valence-corrected chi connectivity index (χ0v) is 12.5. The summed E-state index contributed by atoms with van der Waals surface area (Å²) >= 11 is 0. The second-order valence-corrected chi connectivity index (χ2v) is 4.78. The van der Waals surface area contributed by atoms with E-state index in [1.807, 2.05) is 26.1 Å². The van der Waals surface area contributed by atoms with Gasteiger partial charge in [0.25, 0.3) is 0 Å². The molecule has 1 N–H and O–H groups in total. The molecular weight excluding hydrogens is 240 g/mol. The number of nitrogens with one attached hydrogen (secondary N) is 1. The van der Waals surface area contributed by atoms with Gasteiger partial charge < -0.3 is 10.2 Å². The first-order chi connectivity index (χ1) is 9.08. The van der Waals surface area contributed by atoms with Gasteiger partial charge >= 0.3 is 0 Å². The lowest BCUT2D eigenvalue weighted by atomic mass is 10.3. The quantitative estimate of drug-likeness (QED) is 0.727. The van der Waals surface area contributed by atoms with Gasteiger partial charge in [-0.2, -0.15) is 5.10 Å². The summed E-state index contributed by atoms with van der Waals surface area (Å²) < 4.78 is 1.70. The van der Waals surface area contributed by atoms with Gasteiger partial charge in [-0.25, -0.2) is 0 Å². The highest BCUT2D eigenvalue weighted by Gasteiger charge is 2.14. The summed E-state index contributed by atoms with van der Waals surface area (Å²) in [4.78, 5) is 14.3. The highest BCUT2D eigenvalue weighted by molar-refractivity contribution is 5.79. The molecule has 0 bridgehead atoms. The molecule has 1 rings (SSSR count). The molecular formula is C14H26N4O. The maximum absolute atomic E-state index is 12.0. The summed E-state index contributed by atoms with van der Waals surface area (Å²) in [5.41, 5.74) is 0.932. The normalized spacial score (nSPS) is 12.7. The Balaban J connectivity index is 2.27. The number of nitrogens with zero attached hydrogens (tertiary/aromatic N) is 3. The molecule has 0 aliphatic carbocycles. The van der Waals surface area contributed by atoms with E-state index >= 15 is 0 Å². The van der Waals surface area contributed by atoms with Crippen molar-refractivity contribution in [3.8, 4) is 0 Å². The maximum Gasteiger partial charge on any atom is 0.244 e. The Bertz CT molecular complexity index is 385. The Labute approximate surface area is 116 Å². The first-order valence-corrected chi connectivity index (χ1v) is 7.10. The van der Waals surface area contributed by atoms with E-state index in [2.05, 4.69) is 29.2 Å². The van der Waals surface area contributed by atoms with Crippen LogP contribution in [0.25, 0.3) is 0 Å². The molecule has 108 valence electrons. The average molecular weight is 266 g/mol. The molecule has 1 heterocycles. The zero-order valence-electron chi connectivity index (χ0n) is 12.5. The van der Waals surface area contributed by atoms with Crippen molar-refractivity contribution in [1.82, 2.24) is 20.0 Å². The smallest absolute Gasteiger partial charge is 0.244 e. The number of amides is 1. The van der Waals surface area contributed by atoms with Gasteiger partial charge in [0.15, 0.2) is 0 Å². The Morgan fingerprint density at radius 1 is 1.47 bits per heavy atom. The van der Waals surface area contributed by atoms with Gasteiger partial charge in [0.2, 0.25) is 5.91 Å². The average Bonchev–Trinajstić information content (AvgIpc) is 2.84. The summed E-state index contributed by atoms with van der Waals surface area (Å²) in [6.45, 7) is 12.0. The largest absolute Gasteiger partial charge is 0.354 e. The van der Waals surface area contributed by atoms with E-state index in [1.165, 1.54) is 0 Å². The first-order valence-electron chi connectivity index (χ1n) is 7.10. The summed E-state index contributed by atoms with van der Waals surface area (Å²) in [5.74, 6) is 0.0302. The Morgan fingerprint density at radius 3 is 2.68 bits per heavy atom. The van der Waals surface area contributed by atoms with Crippen molar-refractivity contribution in [2.75, 3.05) is 26.2 Å². The van der Waals surface area contributed by atoms with Crippen LogP contribution in [-0.2, 0) is 4.79 Å². The van der Waals surface area contributed by atoms with Crippen LogP contribution in [0.5, 0.6) is 0 Å². The Morgan fingerprint density at radius 2 is 2.16 bits per heavy atom. The summed E-state index contributed by atoms with van der Waals surface area (Å²) in [6, 6.07) is 1.66. The van der Waals surface area contributed by atoms with E-state index < -0.39 is 0 Å². The van der Waals surface area contributed by atoms with Gasteiger partial charge in [-0.05, 0) is 46.0 Å². The van der Waals surface area contributed by atoms with Gasteiger partial charge in [0.05, 0.1) is 5.69 Å². The van der Waals surface area contributed by atoms with Crippen molar-refractivity contribution in [3.63, 3.8) is 0 Å². The predicted molar refractivity (Wildman–Crippen MR) is 77.1 cm³/mol. The van der Waals surface area contributed by atoms with Crippen LogP contribution >= 0.6 is 0 Å². The molecule has 5 heteroatoms. The van der Waals surface area contributed by atoms with Crippen molar-refractivity contribution in [2.24, 2.45) is 0 Å². The first kappa shape index (κ1) is 15.7. The molecule has 0 aliphatic rings. The lowest BCUT2D eigenvalue weighted by molar-refractivity contribution is -0.124. The highest BCUT2D eigenvalue weighted by atomic mass is 16.2. The number of aromatic nitrogens is 2. The highest BCUT2D eigenvalue weighted by Crippen LogP contribution is 2.05. The van der Waals surface area contributed by atoms with E-state index in [0.717, 1.165) is 38.3 Å². The number of aryl methyl sites for hydroxylation is 1. The van der Waals surface area contributed by atoms with Crippen LogP contribution in [0.1, 0.15) is 38.9 Å². The second kappa shape index (κ2) is 7.94. The van der Waals surface area contributed by atoms with Crippen LogP contribution in [0.2, 0.25) is 0 Å². The molecule has 1 unspecified atom stereocenters. The van der Waals surface area contributed by atoms with E-state index in [0.29, 0.717) is 0 Å². The van der Waals surface area contributed by atoms with Gasteiger partial charge in [0.1, 0.15) is 6.04 Å². The second-order valence-electron chi connectivity index (χ2n) is 4.78. The van der Waals surface area contributed by atoms with Crippen molar-refractivity contribution >= 4 is 5.91 Å². The number of rotatable bonds is 8. The van der Waals surface area contributed by atoms with Gasteiger partial charge in [-0.1, -0.05) is 13.8 Å². The van der Waals surface area contributed by atoms with Gasteiger partial charge in [-0.15, -0.1) is 0 Å². The lowest BCUT2D eigenvalue weighted by Gasteiger charge is -2.18. The number of carbonyl (C=O) groups excluding carboxylic acids is 1. The SMILES string of the molecule is CCN(CC)CCCNC(=O)C(C)n1ccc(C)n1. The van der Waals surface area contributed by atoms with Crippen LogP contribution in [0, 0.1) is 6.92 Å². The standard InChI is InChI=1S/C14H26N4O/c1-5-17(6-2)10-7-9-15-14(19)13(4)18-11-8-12(3)16-18/h8,11,13H,5-7,9-10H2,1-4H3,(H,15,19). The van der Waals surface area contributed by atoms with Crippen LogP contribution in [0.3, 0.4) is 0 Å². The fourth-order valence-corrected chi connectivity index (χ4v) is 1.97. The molecule has 0 saturated carbocycles. The van der Waals surface area contributed by atoms with Crippen molar-refractivity contribution < 1.29 is 4.79 Å². The maximum atomic E-state index is 12.0. The summed E-state index contributed by atoms with van der Waals surface area (Å²) in [6.07, 6.45) is 2.83. The number of hydrogen-bond donors (Lipinski definition) is 1. The van der Waals surface area contributed by atoms with E-state index in [9.17, 15) is 4.79 Å². The van der Waals surface area contributed by atoms with Crippen LogP contribution in [-0.4, -0.2) is 46.8 Å². The number of hydrogen-bond acceptors (Lipinski definition) is 3. The van der Waals surface area contributed by atoms with Crippen LogP contribution < -0.4 is 5.32 Å². The molecule has 0 aromatic carbocycles. The van der Waals surface area contributed by atoms with E-state index in [1.54, 1.807) is 4.68 Å².